The number of aliphatic hydroxyl groups is 1. The third kappa shape index (κ3) is 4.21. The molecule has 1 saturated heterocycles. The van der Waals surface area contributed by atoms with Crippen LogP contribution in [0.4, 0.5) is 5.95 Å². The highest BCUT2D eigenvalue weighted by Gasteiger charge is 2.34. The number of piperidine rings is 1. The predicted octanol–water partition coefficient (Wildman–Crippen LogP) is 0.384. The van der Waals surface area contributed by atoms with Crippen molar-refractivity contribution in [2.75, 3.05) is 25.1 Å². The summed E-state index contributed by atoms with van der Waals surface area (Å²) in [7, 11) is 1.54. The van der Waals surface area contributed by atoms with E-state index in [4.69, 9.17) is 4.74 Å². The molecular formula is C17H21N5O3. The van der Waals surface area contributed by atoms with Gasteiger partial charge in [-0.3, -0.25) is 9.78 Å². The lowest BCUT2D eigenvalue weighted by atomic mass is 9.94. The molecule has 0 spiro atoms. The lowest BCUT2D eigenvalue weighted by molar-refractivity contribution is -0.129. The molecule has 0 radical (unpaired) electrons. The summed E-state index contributed by atoms with van der Waals surface area (Å²) >= 11 is 0. The summed E-state index contributed by atoms with van der Waals surface area (Å²) in [5.74, 6) is 0.246. The Morgan fingerprint density at radius 2 is 2.16 bits per heavy atom. The number of anilines is 1. The number of carbonyl (C=O) groups is 1. The first-order chi connectivity index (χ1) is 12.2. The van der Waals surface area contributed by atoms with Gasteiger partial charge < -0.3 is 20.1 Å². The largest absolute Gasteiger partial charge is 0.481 e. The van der Waals surface area contributed by atoms with Gasteiger partial charge in [0.2, 0.25) is 17.7 Å². The van der Waals surface area contributed by atoms with Gasteiger partial charge in [-0.25, -0.2) is 4.98 Å². The molecule has 3 rings (SSSR count). The molecule has 0 aliphatic carbocycles. The van der Waals surface area contributed by atoms with E-state index in [0.29, 0.717) is 37.9 Å². The zero-order valence-electron chi connectivity index (χ0n) is 14.0. The van der Waals surface area contributed by atoms with E-state index in [9.17, 15) is 9.90 Å². The summed E-state index contributed by atoms with van der Waals surface area (Å²) in [6.07, 6.45) is 4.77. The fraction of sp³-hybridized carbons (Fsp3) is 0.412. The first-order valence-corrected chi connectivity index (χ1v) is 8.14. The summed E-state index contributed by atoms with van der Waals surface area (Å²) < 4.78 is 5.12. The summed E-state index contributed by atoms with van der Waals surface area (Å²) in [6.45, 7) is 1.35. The van der Waals surface area contributed by atoms with Crippen molar-refractivity contribution in [3.05, 3.63) is 42.4 Å². The van der Waals surface area contributed by atoms with E-state index in [2.05, 4.69) is 20.3 Å². The van der Waals surface area contributed by atoms with Crippen LogP contribution in [-0.4, -0.2) is 52.3 Å². The molecule has 0 aromatic carbocycles. The Bertz CT molecular complexity index is 712. The van der Waals surface area contributed by atoms with Crippen molar-refractivity contribution in [2.24, 2.45) is 5.92 Å². The Morgan fingerprint density at radius 3 is 2.92 bits per heavy atom. The molecule has 0 saturated carbocycles. The van der Waals surface area contributed by atoms with Gasteiger partial charge >= 0.3 is 0 Å². The number of ether oxygens (including phenoxy) is 1. The van der Waals surface area contributed by atoms with Crippen molar-refractivity contribution in [3.63, 3.8) is 0 Å². The van der Waals surface area contributed by atoms with Gasteiger partial charge in [0, 0.05) is 44.3 Å². The highest BCUT2D eigenvalue weighted by atomic mass is 16.5. The first kappa shape index (κ1) is 17.1. The number of aromatic nitrogens is 3. The third-order valence-corrected chi connectivity index (χ3v) is 4.24. The number of carbonyl (C=O) groups excluding carboxylic acids is 1. The van der Waals surface area contributed by atoms with Gasteiger partial charge in [0.1, 0.15) is 0 Å². The van der Waals surface area contributed by atoms with Crippen molar-refractivity contribution in [2.45, 2.75) is 19.1 Å². The fourth-order valence-corrected chi connectivity index (χ4v) is 2.80. The van der Waals surface area contributed by atoms with E-state index in [-0.39, 0.29) is 5.91 Å². The molecule has 25 heavy (non-hydrogen) atoms. The molecule has 0 bridgehead atoms. The summed E-state index contributed by atoms with van der Waals surface area (Å²) in [5, 5.41) is 13.1. The molecular weight excluding hydrogens is 322 g/mol. The maximum absolute atomic E-state index is 12.5. The summed E-state index contributed by atoms with van der Waals surface area (Å²) in [4.78, 5) is 26.9. The smallest absolute Gasteiger partial charge is 0.228 e. The number of nitrogens with zero attached hydrogens (tertiary/aromatic N) is 4. The second kappa shape index (κ2) is 7.89. The number of amides is 1. The van der Waals surface area contributed by atoms with Crippen molar-refractivity contribution < 1.29 is 14.6 Å². The molecule has 3 heterocycles. The predicted molar refractivity (Wildman–Crippen MR) is 91.0 cm³/mol. The zero-order valence-corrected chi connectivity index (χ0v) is 14.0. The van der Waals surface area contributed by atoms with Gasteiger partial charge in [0.15, 0.2) is 0 Å². The van der Waals surface area contributed by atoms with E-state index < -0.39 is 12.0 Å². The Kier molecular flexibility index (Phi) is 5.39. The average Bonchev–Trinajstić information content (AvgIpc) is 2.67. The van der Waals surface area contributed by atoms with Gasteiger partial charge in [-0.05, 0) is 24.1 Å². The SMILES string of the molecule is COc1ccnc(N2CC[C@@H](O)[C@@H](C(=O)NCc3ccncc3)C2)n1. The number of hydrogen-bond acceptors (Lipinski definition) is 7. The van der Waals surface area contributed by atoms with Crippen LogP contribution < -0.4 is 15.0 Å². The molecule has 2 aromatic rings. The summed E-state index contributed by atoms with van der Waals surface area (Å²) in [5.41, 5.74) is 0.960. The molecule has 1 aliphatic rings. The Labute approximate surface area is 145 Å². The fourth-order valence-electron chi connectivity index (χ4n) is 2.80. The van der Waals surface area contributed by atoms with Crippen molar-refractivity contribution in [1.82, 2.24) is 20.3 Å². The number of rotatable bonds is 5. The van der Waals surface area contributed by atoms with E-state index >= 15 is 0 Å². The number of aliphatic hydroxyl groups excluding tert-OH is 1. The van der Waals surface area contributed by atoms with E-state index in [1.165, 1.54) is 0 Å². The summed E-state index contributed by atoms with van der Waals surface area (Å²) in [6, 6.07) is 5.35. The lowest BCUT2D eigenvalue weighted by Gasteiger charge is -2.35. The van der Waals surface area contributed by atoms with Gasteiger partial charge in [-0.15, -0.1) is 0 Å². The first-order valence-electron chi connectivity index (χ1n) is 8.14. The zero-order chi connectivity index (χ0) is 17.6. The van der Waals surface area contributed by atoms with Crippen LogP contribution in [0, 0.1) is 5.92 Å². The number of methoxy groups -OCH3 is 1. The van der Waals surface area contributed by atoms with Crippen LogP contribution in [-0.2, 0) is 11.3 Å². The molecule has 1 amide bonds. The van der Waals surface area contributed by atoms with E-state index in [0.717, 1.165) is 5.56 Å². The minimum absolute atomic E-state index is 0.183. The standard InChI is InChI=1S/C17H21N5O3/c1-25-15-4-8-19-17(21-15)22-9-5-14(23)13(11-22)16(24)20-10-12-2-6-18-7-3-12/h2-4,6-8,13-14,23H,5,9-11H2,1H3,(H,20,24)/t13-,14+/m0/s1. The topological polar surface area (TPSA) is 100 Å². The van der Waals surface area contributed by atoms with Crippen molar-refractivity contribution >= 4 is 11.9 Å². The maximum Gasteiger partial charge on any atom is 0.228 e. The van der Waals surface area contributed by atoms with Gasteiger partial charge in [-0.1, -0.05) is 0 Å². The minimum atomic E-state index is -0.681. The quantitative estimate of drug-likeness (QED) is 0.809. The van der Waals surface area contributed by atoms with Crippen LogP contribution in [0.3, 0.4) is 0 Å². The number of hydrogen-bond donors (Lipinski definition) is 2. The highest BCUT2D eigenvalue weighted by molar-refractivity contribution is 5.80. The van der Waals surface area contributed by atoms with Crippen LogP contribution in [0.2, 0.25) is 0 Å². The Hall–Kier alpha value is -2.74. The molecule has 2 N–H and O–H groups in total. The van der Waals surface area contributed by atoms with E-state index in [1.54, 1.807) is 31.8 Å². The van der Waals surface area contributed by atoms with Crippen LogP contribution in [0.15, 0.2) is 36.8 Å². The molecule has 1 fully saturated rings. The number of nitrogens with one attached hydrogen (secondary N) is 1. The lowest BCUT2D eigenvalue weighted by Crippen LogP contribution is -2.50. The van der Waals surface area contributed by atoms with Crippen LogP contribution >= 0.6 is 0 Å². The second-order valence-electron chi connectivity index (χ2n) is 5.88. The molecule has 132 valence electrons. The molecule has 8 heteroatoms. The third-order valence-electron chi connectivity index (χ3n) is 4.24. The second-order valence-corrected chi connectivity index (χ2v) is 5.88. The maximum atomic E-state index is 12.5. The molecule has 8 nitrogen and oxygen atoms in total. The van der Waals surface area contributed by atoms with Gasteiger partial charge in [0.05, 0.1) is 19.1 Å². The molecule has 0 unspecified atom stereocenters. The van der Waals surface area contributed by atoms with Crippen LogP contribution in [0.25, 0.3) is 0 Å². The van der Waals surface area contributed by atoms with Gasteiger partial charge in [0.25, 0.3) is 0 Å². The molecule has 2 atom stereocenters. The van der Waals surface area contributed by atoms with Crippen LogP contribution in [0.1, 0.15) is 12.0 Å². The monoisotopic (exact) mass is 343 g/mol. The van der Waals surface area contributed by atoms with Crippen molar-refractivity contribution in [3.8, 4) is 5.88 Å². The normalized spacial score (nSPS) is 20.2. The highest BCUT2D eigenvalue weighted by Crippen LogP contribution is 2.22. The molecule has 2 aromatic heterocycles. The Balaban J connectivity index is 1.64. The average molecular weight is 343 g/mol. The van der Waals surface area contributed by atoms with E-state index in [1.807, 2.05) is 17.0 Å². The van der Waals surface area contributed by atoms with Crippen molar-refractivity contribution in [1.29, 1.82) is 0 Å². The number of pyridine rings is 1. The van der Waals surface area contributed by atoms with Crippen LogP contribution in [0.5, 0.6) is 5.88 Å². The Morgan fingerprint density at radius 1 is 1.36 bits per heavy atom. The van der Waals surface area contributed by atoms with Gasteiger partial charge in [-0.2, -0.15) is 4.98 Å². The minimum Gasteiger partial charge on any atom is -0.481 e. The molecule has 1 aliphatic heterocycles.